The molecule has 0 fully saturated rings. The van der Waals surface area contributed by atoms with Crippen LogP contribution >= 0.6 is 0 Å². The lowest BCUT2D eigenvalue weighted by Gasteiger charge is -2.14. The minimum Gasteiger partial charge on any atom is -0.316 e. The molecule has 9 rings (SSSR count). The first kappa shape index (κ1) is 26.1. The summed E-state index contributed by atoms with van der Waals surface area (Å²) in [6.45, 7) is 0. The Labute approximate surface area is 265 Å². The van der Waals surface area contributed by atoms with E-state index in [0.717, 1.165) is 55.4 Å². The molecule has 0 spiro atoms. The van der Waals surface area contributed by atoms with Gasteiger partial charge < -0.3 is 9.13 Å². The topological polar surface area (TPSA) is 48.5 Å². The molecule has 0 aliphatic heterocycles. The normalized spacial score (nSPS) is 11.5. The fourth-order valence-electron chi connectivity index (χ4n) is 6.54. The largest absolute Gasteiger partial charge is 0.316 e. The Morgan fingerprint density at radius 3 is 1.59 bits per heavy atom. The van der Waals surface area contributed by atoms with Gasteiger partial charge in [0.1, 0.15) is 0 Å². The monoisotopic (exact) mass is 589 g/mol. The fourth-order valence-corrected chi connectivity index (χ4v) is 6.54. The number of nitrogens with zero attached hydrogens (tertiary/aromatic N) is 5. The van der Waals surface area contributed by atoms with E-state index >= 15 is 0 Å². The Bertz CT molecular complexity index is 2440. The summed E-state index contributed by atoms with van der Waals surface area (Å²) >= 11 is 0. The third kappa shape index (κ3) is 4.21. The number of hydrogen-bond donors (Lipinski definition) is 0. The Kier molecular flexibility index (Phi) is 6.06. The second kappa shape index (κ2) is 10.7. The van der Waals surface area contributed by atoms with Gasteiger partial charge in [-0.05, 0) is 42.5 Å². The van der Waals surface area contributed by atoms with Crippen LogP contribution in [-0.2, 0) is 0 Å². The Morgan fingerprint density at radius 2 is 0.957 bits per heavy atom. The highest BCUT2D eigenvalue weighted by Gasteiger charge is 2.24. The van der Waals surface area contributed by atoms with Gasteiger partial charge in [-0.25, -0.2) is 15.0 Å². The van der Waals surface area contributed by atoms with Crippen molar-refractivity contribution in [2.75, 3.05) is 0 Å². The maximum atomic E-state index is 5.18. The molecule has 9 aromatic rings. The third-order valence-corrected chi connectivity index (χ3v) is 8.57. The average Bonchev–Trinajstić information content (AvgIpc) is 3.72. The predicted octanol–water partition coefficient (Wildman–Crippen LogP) is 9.91. The molecule has 0 aliphatic rings. The minimum absolute atomic E-state index is 0.632. The van der Waals surface area contributed by atoms with Crippen molar-refractivity contribution in [1.29, 1.82) is 0 Å². The van der Waals surface area contributed by atoms with Crippen molar-refractivity contribution in [3.05, 3.63) is 164 Å². The van der Waals surface area contributed by atoms with Crippen LogP contribution in [0, 0.1) is 0 Å². The quantitative estimate of drug-likeness (QED) is 0.201. The third-order valence-electron chi connectivity index (χ3n) is 8.57. The molecule has 0 unspecified atom stereocenters. The Hall–Kier alpha value is -6.33. The number of para-hydroxylation sites is 3. The van der Waals surface area contributed by atoms with Gasteiger partial charge in [-0.3, -0.25) is 0 Å². The van der Waals surface area contributed by atoms with Crippen LogP contribution in [0.25, 0.3) is 78.2 Å². The molecule has 0 atom stereocenters. The smallest absolute Gasteiger partial charge is 0.166 e. The molecule has 0 radical (unpaired) electrons. The molecule has 0 amide bonds. The highest BCUT2D eigenvalue weighted by Crippen LogP contribution is 2.43. The lowest BCUT2D eigenvalue weighted by molar-refractivity contribution is 1.07. The molecular weight excluding hydrogens is 562 g/mol. The summed E-state index contributed by atoms with van der Waals surface area (Å²) in [6, 6.07) is 54.5. The van der Waals surface area contributed by atoms with Crippen molar-refractivity contribution in [3.8, 4) is 45.5 Å². The van der Waals surface area contributed by atoms with E-state index in [0.29, 0.717) is 17.5 Å². The highest BCUT2D eigenvalue weighted by molar-refractivity contribution is 6.24. The van der Waals surface area contributed by atoms with Gasteiger partial charge in [-0.2, -0.15) is 0 Å². The first-order chi connectivity index (χ1) is 22.8. The van der Waals surface area contributed by atoms with Gasteiger partial charge >= 0.3 is 0 Å². The second-order valence-electron chi connectivity index (χ2n) is 11.3. The molecule has 5 nitrogen and oxygen atoms in total. The van der Waals surface area contributed by atoms with E-state index < -0.39 is 0 Å². The lowest BCUT2D eigenvalue weighted by atomic mass is 10.0. The van der Waals surface area contributed by atoms with Crippen LogP contribution in [-0.4, -0.2) is 24.1 Å². The molecular formula is C41H27N5. The van der Waals surface area contributed by atoms with Gasteiger partial charge in [0.15, 0.2) is 17.5 Å². The van der Waals surface area contributed by atoms with Crippen LogP contribution in [0.15, 0.2) is 164 Å². The van der Waals surface area contributed by atoms with E-state index in [2.05, 4.69) is 112 Å². The number of fused-ring (bicyclic) bond motifs is 5. The van der Waals surface area contributed by atoms with Crippen LogP contribution < -0.4 is 0 Å². The number of rotatable bonds is 5. The highest BCUT2D eigenvalue weighted by atomic mass is 15.1. The minimum atomic E-state index is 0.632. The number of aromatic nitrogens is 5. The molecule has 0 saturated carbocycles. The number of hydrogen-bond acceptors (Lipinski definition) is 3. The summed E-state index contributed by atoms with van der Waals surface area (Å²) < 4.78 is 4.65. The van der Waals surface area contributed by atoms with Gasteiger partial charge in [-0.15, -0.1) is 0 Å². The van der Waals surface area contributed by atoms with Crippen LogP contribution in [0.2, 0.25) is 0 Å². The van der Waals surface area contributed by atoms with Gasteiger partial charge in [-0.1, -0.05) is 115 Å². The first-order valence-electron chi connectivity index (χ1n) is 15.4. The summed E-state index contributed by atoms with van der Waals surface area (Å²) in [7, 11) is 0. The molecule has 0 bridgehead atoms. The second-order valence-corrected chi connectivity index (χ2v) is 11.3. The molecule has 0 saturated heterocycles. The molecule has 216 valence electrons. The molecule has 5 heteroatoms. The summed E-state index contributed by atoms with van der Waals surface area (Å²) in [5, 5.41) is 3.44. The lowest BCUT2D eigenvalue weighted by Crippen LogP contribution is -2.02. The predicted molar refractivity (Wildman–Crippen MR) is 187 cm³/mol. The molecule has 0 N–H and O–H groups in total. The zero-order valence-electron chi connectivity index (χ0n) is 24.8. The SMILES string of the molecule is c1ccc(-c2nc(-c3ccccc3)nc(-c3cc4ccn(-c5ccccc5)c4c4c5ccccc5n(-c5ccccc5)c34)n2)cc1. The van der Waals surface area contributed by atoms with E-state index in [-0.39, 0.29) is 0 Å². The fraction of sp³-hybridized carbons (Fsp3) is 0. The van der Waals surface area contributed by atoms with E-state index in [9.17, 15) is 0 Å². The first-order valence-corrected chi connectivity index (χ1v) is 15.4. The van der Waals surface area contributed by atoms with Crippen molar-refractivity contribution in [3.63, 3.8) is 0 Å². The molecule has 3 aromatic heterocycles. The van der Waals surface area contributed by atoms with Crippen LogP contribution in [0.3, 0.4) is 0 Å². The molecule has 3 heterocycles. The summed E-state index contributed by atoms with van der Waals surface area (Å²) in [6.07, 6.45) is 2.16. The van der Waals surface area contributed by atoms with Crippen molar-refractivity contribution >= 4 is 32.7 Å². The van der Waals surface area contributed by atoms with Gasteiger partial charge in [0, 0.05) is 50.4 Å². The van der Waals surface area contributed by atoms with Gasteiger partial charge in [0.05, 0.1) is 16.6 Å². The van der Waals surface area contributed by atoms with Crippen molar-refractivity contribution in [1.82, 2.24) is 24.1 Å². The van der Waals surface area contributed by atoms with Crippen LogP contribution in [0.4, 0.5) is 0 Å². The maximum absolute atomic E-state index is 5.18. The zero-order chi connectivity index (χ0) is 30.5. The van der Waals surface area contributed by atoms with Gasteiger partial charge in [0.25, 0.3) is 0 Å². The Morgan fingerprint density at radius 1 is 0.435 bits per heavy atom. The molecule has 46 heavy (non-hydrogen) atoms. The van der Waals surface area contributed by atoms with E-state index in [1.54, 1.807) is 0 Å². The van der Waals surface area contributed by atoms with Crippen molar-refractivity contribution in [2.24, 2.45) is 0 Å². The zero-order valence-corrected chi connectivity index (χ0v) is 24.8. The van der Waals surface area contributed by atoms with Crippen molar-refractivity contribution in [2.45, 2.75) is 0 Å². The summed E-state index contributed by atoms with van der Waals surface area (Å²) in [5.74, 6) is 1.91. The molecule has 0 aliphatic carbocycles. The molecule has 6 aromatic carbocycles. The van der Waals surface area contributed by atoms with E-state index in [1.165, 1.54) is 5.39 Å². The summed E-state index contributed by atoms with van der Waals surface area (Å²) in [5.41, 5.74) is 8.35. The maximum Gasteiger partial charge on any atom is 0.166 e. The summed E-state index contributed by atoms with van der Waals surface area (Å²) in [4.78, 5) is 15.3. The Balaban J connectivity index is 1.45. The van der Waals surface area contributed by atoms with Gasteiger partial charge in [0.2, 0.25) is 0 Å². The number of benzene rings is 6. The van der Waals surface area contributed by atoms with Crippen molar-refractivity contribution < 1.29 is 0 Å². The standard InChI is InChI=1S/C41H27N5/c1-5-15-28(16-6-1)39-42-40(29-17-7-2-8-18-29)44-41(43-39)34-27-30-25-26-45(31-19-9-3-10-20-31)37(30)36-33-23-13-14-24-35(33)46(38(34)36)32-21-11-4-12-22-32/h1-27H. The van der Waals surface area contributed by atoms with E-state index in [4.69, 9.17) is 15.0 Å². The van der Waals surface area contributed by atoms with Crippen LogP contribution in [0.1, 0.15) is 0 Å². The average molecular weight is 590 g/mol. The van der Waals surface area contributed by atoms with Crippen LogP contribution in [0.5, 0.6) is 0 Å². The van der Waals surface area contributed by atoms with E-state index in [1.807, 2.05) is 60.7 Å².